The Balaban J connectivity index is 2.09. The normalized spacial score (nSPS) is 10.3. The maximum atomic E-state index is 10.5. The number of aromatic nitrogens is 2. The Kier molecular flexibility index (Phi) is 3.52. The summed E-state index contributed by atoms with van der Waals surface area (Å²) in [7, 11) is 1.88. The first kappa shape index (κ1) is 12.4. The van der Waals surface area contributed by atoms with Gasteiger partial charge in [0.25, 0.3) is 5.69 Å². The molecular weight excluding hydrogens is 252 g/mol. The van der Waals surface area contributed by atoms with Crippen LogP contribution in [0.4, 0.5) is 11.5 Å². The van der Waals surface area contributed by atoms with E-state index in [1.54, 1.807) is 17.4 Å². The minimum absolute atomic E-state index is 0.00310. The van der Waals surface area contributed by atoms with Crippen molar-refractivity contribution < 1.29 is 4.92 Å². The first-order chi connectivity index (χ1) is 8.56. The summed E-state index contributed by atoms with van der Waals surface area (Å²) in [4.78, 5) is 20.4. The SMILES string of the molecule is Cc1nc(CN(C)c2ccc([N+](=O)[O-])cn2)cs1. The molecular formula is C11H12N4O2S. The van der Waals surface area contributed by atoms with Gasteiger partial charge in [0.1, 0.15) is 12.0 Å². The van der Waals surface area contributed by atoms with E-state index in [2.05, 4.69) is 9.97 Å². The highest BCUT2D eigenvalue weighted by Crippen LogP contribution is 2.17. The Morgan fingerprint density at radius 2 is 2.28 bits per heavy atom. The minimum atomic E-state index is -0.458. The van der Waals surface area contributed by atoms with Gasteiger partial charge in [-0.1, -0.05) is 0 Å². The zero-order chi connectivity index (χ0) is 13.1. The van der Waals surface area contributed by atoms with Gasteiger partial charge >= 0.3 is 0 Å². The van der Waals surface area contributed by atoms with Crippen LogP contribution in [0.3, 0.4) is 0 Å². The number of hydrogen-bond acceptors (Lipinski definition) is 6. The van der Waals surface area contributed by atoms with Gasteiger partial charge in [-0.05, 0) is 13.0 Å². The number of nitro groups is 1. The topological polar surface area (TPSA) is 72.2 Å². The minimum Gasteiger partial charge on any atom is -0.354 e. The molecule has 0 aliphatic carbocycles. The molecule has 18 heavy (non-hydrogen) atoms. The quantitative estimate of drug-likeness (QED) is 0.626. The highest BCUT2D eigenvalue weighted by molar-refractivity contribution is 7.09. The number of rotatable bonds is 4. The lowest BCUT2D eigenvalue weighted by atomic mass is 10.3. The second-order valence-electron chi connectivity index (χ2n) is 3.85. The fourth-order valence-corrected chi connectivity index (χ4v) is 2.12. The summed E-state index contributed by atoms with van der Waals surface area (Å²) in [5.41, 5.74) is 0.969. The third-order valence-corrected chi connectivity index (χ3v) is 3.22. The number of aryl methyl sites for hydroxylation is 1. The Hall–Kier alpha value is -2.02. The van der Waals surface area contributed by atoms with Crippen LogP contribution in [-0.4, -0.2) is 21.9 Å². The maximum absolute atomic E-state index is 10.5. The van der Waals surface area contributed by atoms with E-state index in [-0.39, 0.29) is 5.69 Å². The summed E-state index contributed by atoms with van der Waals surface area (Å²) in [6, 6.07) is 3.09. The molecule has 0 radical (unpaired) electrons. The first-order valence-corrected chi connectivity index (χ1v) is 6.17. The lowest BCUT2D eigenvalue weighted by Gasteiger charge is -2.16. The van der Waals surface area contributed by atoms with Crippen molar-refractivity contribution in [2.75, 3.05) is 11.9 Å². The standard InChI is InChI=1S/C11H12N4O2S/c1-8-13-9(7-18-8)6-14(2)11-4-3-10(5-12-11)15(16)17/h3-5,7H,6H2,1-2H3. The molecule has 0 atom stereocenters. The summed E-state index contributed by atoms with van der Waals surface area (Å²) in [5.74, 6) is 0.686. The second-order valence-corrected chi connectivity index (χ2v) is 4.91. The number of thiazole rings is 1. The van der Waals surface area contributed by atoms with Crippen LogP contribution in [0.25, 0.3) is 0 Å². The van der Waals surface area contributed by atoms with Crippen molar-refractivity contribution in [2.24, 2.45) is 0 Å². The van der Waals surface area contributed by atoms with E-state index < -0.39 is 4.92 Å². The van der Waals surface area contributed by atoms with Crippen LogP contribution >= 0.6 is 11.3 Å². The maximum Gasteiger partial charge on any atom is 0.287 e. The van der Waals surface area contributed by atoms with Gasteiger partial charge in [-0.25, -0.2) is 9.97 Å². The van der Waals surface area contributed by atoms with Crippen LogP contribution in [0.5, 0.6) is 0 Å². The van der Waals surface area contributed by atoms with Crippen LogP contribution in [0.15, 0.2) is 23.7 Å². The molecule has 0 fully saturated rings. The van der Waals surface area contributed by atoms with Crippen LogP contribution in [0.2, 0.25) is 0 Å². The zero-order valence-corrected chi connectivity index (χ0v) is 10.8. The lowest BCUT2D eigenvalue weighted by molar-refractivity contribution is -0.385. The van der Waals surface area contributed by atoms with Crippen molar-refractivity contribution in [3.05, 3.63) is 44.5 Å². The van der Waals surface area contributed by atoms with Crippen molar-refractivity contribution in [1.82, 2.24) is 9.97 Å². The van der Waals surface area contributed by atoms with Crippen LogP contribution < -0.4 is 4.90 Å². The molecule has 2 aromatic heterocycles. The van der Waals surface area contributed by atoms with Crippen molar-refractivity contribution in [1.29, 1.82) is 0 Å². The number of hydrogen-bond donors (Lipinski definition) is 0. The monoisotopic (exact) mass is 264 g/mol. The van der Waals surface area contributed by atoms with Gasteiger partial charge in [0.15, 0.2) is 0 Å². The predicted octanol–water partition coefficient (Wildman–Crippen LogP) is 2.39. The Labute approximate surface area is 108 Å². The van der Waals surface area contributed by atoms with E-state index in [1.165, 1.54) is 12.3 Å². The molecule has 0 N–H and O–H groups in total. The number of anilines is 1. The third kappa shape index (κ3) is 2.80. The molecule has 0 unspecified atom stereocenters. The molecule has 0 saturated carbocycles. The summed E-state index contributed by atoms with van der Waals surface area (Å²) < 4.78 is 0. The molecule has 94 valence electrons. The highest BCUT2D eigenvalue weighted by atomic mass is 32.1. The van der Waals surface area contributed by atoms with Crippen molar-refractivity contribution >= 4 is 22.8 Å². The molecule has 0 aromatic carbocycles. The van der Waals surface area contributed by atoms with Crippen LogP contribution in [0, 0.1) is 17.0 Å². The lowest BCUT2D eigenvalue weighted by Crippen LogP contribution is -2.17. The average Bonchev–Trinajstić information content (AvgIpc) is 2.75. The van der Waals surface area contributed by atoms with E-state index in [0.717, 1.165) is 10.7 Å². The molecule has 6 nitrogen and oxygen atoms in total. The molecule has 0 aliphatic heterocycles. The van der Waals surface area contributed by atoms with Crippen molar-refractivity contribution in [3.63, 3.8) is 0 Å². The molecule has 0 amide bonds. The van der Waals surface area contributed by atoms with Gasteiger partial charge in [-0.2, -0.15) is 0 Å². The molecule has 0 spiro atoms. The van der Waals surface area contributed by atoms with E-state index in [1.807, 2.05) is 24.3 Å². The van der Waals surface area contributed by atoms with Gasteiger partial charge in [-0.3, -0.25) is 10.1 Å². The molecule has 2 aromatic rings. The number of nitrogens with zero attached hydrogens (tertiary/aromatic N) is 4. The summed E-state index contributed by atoms with van der Waals surface area (Å²) in [5, 5.41) is 13.5. The molecule has 0 bridgehead atoms. The van der Waals surface area contributed by atoms with Crippen LogP contribution in [-0.2, 0) is 6.54 Å². The molecule has 0 saturated heterocycles. The van der Waals surface area contributed by atoms with Crippen molar-refractivity contribution in [3.8, 4) is 0 Å². The van der Waals surface area contributed by atoms with Crippen LogP contribution in [0.1, 0.15) is 10.7 Å². The fourth-order valence-electron chi connectivity index (χ4n) is 1.52. The van der Waals surface area contributed by atoms with Gasteiger partial charge in [0, 0.05) is 18.5 Å². The van der Waals surface area contributed by atoms with Gasteiger partial charge in [-0.15, -0.1) is 11.3 Å². The van der Waals surface area contributed by atoms with Gasteiger partial charge < -0.3 is 4.90 Å². The zero-order valence-electron chi connectivity index (χ0n) is 10.0. The summed E-state index contributed by atoms with van der Waals surface area (Å²) in [6.45, 7) is 2.59. The summed E-state index contributed by atoms with van der Waals surface area (Å²) in [6.07, 6.45) is 1.26. The van der Waals surface area contributed by atoms with Gasteiger partial charge in [0.05, 0.1) is 22.2 Å². The van der Waals surface area contributed by atoms with Crippen molar-refractivity contribution in [2.45, 2.75) is 13.5 Å². The third-order valence-electron chi connectivity index (χ3n) is 2.40. The Morgan fingerprint density at radius 1 is 1.50 bits per heavy atom. The Morgan fingerprint density at radius 3 is 2.78 bits per heavy atom. The molecule has 0 aliphatic rings. The predicted molar refractivity (Wildman–Crippen MR) is 69.8 cm³/mol. The highest BCUT2D eigenvalue weighted by Gasteiger charge is 2.09. The molecule has 2 rings (SSSR count). The van der Waals surface area contributed by atoms with E-state index in [0.29, 0.717) is 12.4 Å². The van der Waals surface area contributed by atoms with E-state index >= 15 is 0 Å². The van der Waals surface area contributed by atoms with Gasteiger partial charge in [0.2, 0.25) is 0 Å². The smallest absolute Gasteiger partial charge is 0.287 e. The number of pyridine rings is 1. The van der Waals surface area contributed by atoms with E-state index in [4.69, 9.17) is 0 Å². The summed E-state index contributed by atoms with van der Waals surface area (Å²) >= 11 is 1.60. The molecule has 7 heteroatoms. The fraction of sp³-hybridized carbons (Fsp3) is 0.273. The molecule has 2 heterocycles. The second kappa shape index (κ2) is 5.09. The largest absolute Gasteiger partial charge is 0.354 e. The average molecular weight is 264 g/mol. The van der Waals surface area contributed by atoms with E-state index in [9.17, 15) is 10.1 Å². The first-order valence-electron chi connectivity index (χ1n) is 5.29. The Bertz CT molecular complexity index is 552.